The molecule has 0 spiro atoms. The second kappa shape index (κ2) is 5.03. The monoisotopic (exact) mass is 236 g/mol. The quantitative estimate of drug-likeness (QED) is 0.755. The molecule has 92 valence electrons. The van der Waals surface area contributed by atoms with E-state index in [1.54, 1.807) is 6.92 Å². The van der Waals surface area contributed by atoms with Crippen LogP contribution < -0.4 is 5.32 Å². The van der Waals surface area contributed by atoms with Crippen LogP contribution in [0, 0.1) is 0 Å². The Morgan fingerprint density at radius 1 is 1.53 bits per heavy atom. The lowest BCUT2D eigenvalue weighted by molar-refractivity contribution is -0.143. The molecule has 0 saturated carbocycles. The minimum Gasteiger partial charge on any atom is -0.466 e. The van der Waals surface area contributed by atoms with Gasteiger partial charge in [-0.15, -0.1) is 0 Å². The first kappa shape index (κ1) is 11.7. The maximum Gasteiger partial charge on any atom is 0.306 e. The van der Waals surface area contributed by atoms with Crippen molar-refractivity contribution in [3.63, 3.8) is 0 Å². The van der Waals surface area contributed by atoms with E-state index in [1.165, 1.54) is 0 Å². The van der Waals surface area contributed by atoms with E-state index in [1.807, 2.05) is 6.20 Å². The highest BCUT2D eigenvalue weighted by Gasteiger charge is 2.19. The summed E-state index contributed by atoms with van der Waals surface area (Å²) < 4.78 is 4.88. The molecule has 0 bridgehead atoms. The van der Waals surface area contributed by atoms with Crippen LogP contribution in [0.3, 0.4) is 0 Å². The van der Waals surface area contributed by atoms with Crippen LogP contribution in [0.4, 0.5) is 0 Å². The number of carbonyl (C=O) groups is 2. The molecule has 17 heavy (non-hydrogen) atoms. The van der Waals surface area contributed by atoms with Gasteiger partial charge in [-0.3, -0.25) is 9.59 Å². The molecule has 1 aromatic rings. The van der Waals surface area contributed by atoms with Gasteiger partial charge in [0.2, 0.25) is 5.91 Å². The van der Waals surface area contributed by atoms with Gasteiger partial charge in [-0.1, -0.05) is 0 Å². The Kier molecular flexibility index (Phi) is 3.46. The van der Waals surface area contributed by atoms with Crippen LogP contribution in [-0.2, 0) is 33.7 Å². The van der Waals surface area contributed by atoms with Crippen molar-refractivity contribution in [1.29, 1.82) is 0 Å². The highest BCUT2D eigenvalue weighted by molar-refractivity contribution is 5.81. The topological polar surface area (TPSA) is 71.2 Å². The summed E-state index contributed by atoms with van der Waals surface area (Å²) in [7, 11) is 0. The van der Waals surface area contributed by atoms with Crippen molar-refractivity contribution in [2.45, 2.75) is 32.7 Å². The normalized spacial score (nSPS) is 14.1. The van der Waals surface area contributed by atoms with Crippen molar-refractivity contribution in [1.82, 2.24) is 10.3 Å². The molecule has 1 aliphatic heterocycles. The summed E-state index contributed by atoms with van der Waals surface area (Å²) in [6.45, 7) is 2.75. The first-order chi connectivity index (χ1) is 8.20. The lowest BCUT2D eigenvalue weighted by Crippen LogP contribution is -2.30. The van der Waals surface area contributed by atoms with Gasteiger partial charge in [-0.25, -0.2) is 0 Å². The minimum absolute atomic E-state index is 0.0366. The molecular formula is C12H16N2O3. The van der Waals surface area contributed by atoms with Crippen molar-refractivity contribution >= 4 is 11.9 Å². The van der Waals surface area contributed by atoms with Gasteiger partial charge in [0.15, 0.2) is 0 Å². The lowest BCUT2D eigenvalue weighted by Gasteiger charge is -2.13. The molecule has 5 heteroatoms. The molecule has 0 aliphatic carbocycles. The number of aryl methyl sites for hydroxylation is 1. The van der Waals surface area contributed by atoms with Crippen molar-refractivity contribution in [2.24, 2.45) is 0 Å². The Morgan fingerprint density at radius 2 is 2.35 bits per heavy atom. The number of aromatic amines is 1. The zero-order valence-electron chi connectivity index (χ0n) is 9.84. The fourth-order valence-corrected chi connectivity index (χ4v) is 2.02. The van der Waals surface area contributed by atoms with Gasteiger partial charge in [0.25, 0.3) is 0 Å². The predicted molar refractivity (Wildman–Crippen MR) is 61.3 cm³/mol. The van der Waals surface area contributed by atoms with Crippen LogP contribution in [0.5, 0.6) is 0 Å². The van der Waals surface area contributed by atoms with E-state index < -0.39 is 0 Å². The maximum atomic E-state index is 11.3. The van der Waals surface area contributed by atoms with Gasteiger partial charge < -0.3 is 15.0 Å². The highest BCUT2D eigenvalue weighted by Crippen LogP contribution is 2.19. The van der Waals surface area contributed by atoms with Crippen LogP contribution in [0.1, 0.15) is 30.2 Å². The number of ether oxygens (including phenoxy) is 1. The summed E-state index contributed by atoms with van der Waals surface area (Å²) in [6.07, 6.45) is 3.26. The van der Waals surface area contributed by atoms with Gasteiger partial charge >= 0.3 is 5.97 Å². The fourth-order valence-electron chi connectivity index (χ4n) is 2.02. The molecule has 5 nitrogen and oxygen atoms in total. The molecule has 0 atom stereocenters. The number of esters is 1. The van der Waals surface area contributed by atoms with Gasteiger partial charge in [-0.2, -0.15) is 0 Å². The molecular weight excluding hydrogens is 220 g/mol. The first-order valence-corrected chi connectivity index (χ1v) is 5.81. The average molecular weight is 236 g/mol. The SMILES string of the molecule is CCOC(=O)CCc1c[nH]c2c1CC(=O)NC2. The number of hydrogen-bond acceptors (Lipinski definition) is 3. The number of hydrogen-bond donors (Lipinski definition) is 2. The Labute approximate surface area is 99.5 Å². The summed E-state index contributed by atoms with van der Waals surface area (Å²) in [5.41, 5.74) is 3.13. The van der Waals surface area contributed by atoms with Crippen LogP contribution >= 0.6 is 0 Å². The molecule has 0 saturated heterocycles. The van der Waals surface area contributed by atoms with Crippen LogP contribution in [0.15, 0.2) is 6.20 Å². The number of carbonyl (C=O) groups excluding carboxylic acids is 2. The Balaban J connectivity index is 2.00. The zero-order valence-corrected chi connectivity index (χ0v) is 9.84. The van der Waals surface area contributed by atoms with Crippen LogP contribution in [-0.4, -0.2) is 23.5 Å². The Bertz CT molecular complexity index is 437. The summed E-state index contributed by atoms with van der Waals surface area (Å²) in [5.74, 6) is -0.155. The van der Waals surface area contributed by atoms with Gasteiger partial charge in [0.05, 0.1) is 19.6 Å². The summed E-state index contributed by atoms with van der Waals surface area (Å²) >= 11 is 0. The van der Waals surface area contributed by atoms with E-state index >= 15 is 0 Å². The summed E-state index contributed by atoms with van der Waals surface area (Å²) in [6, 6.07) is 0. The molecule has 1 aliphatic rings. The number of aromatic nitrogens is 1. The fraction of sp³-hybridized carbons (Fsp3) is 0.500. The van der Waals surface area contributed by atoms with Crippen LogP contribution in [0.25, 0.3) is 0 Å². The summed E-state index contributed by atoms with van der Waals surface area (Å²) in [4.78, 5) is 25.7. The predicted octanol–water partition coefficient (Wildman–Crippen LogP) is 0.683. The molecule has 0 aromatic carbocycles. The van der Waals surface area contributed by atoms with E-state index in [0.717, 1.165) is 16.8 Å². The van der Waals surface area contributed by atoms with Gasteiger partial charge in [0, 0.05) is 18.3 Å². The molecule has 0 fully saturated rings. The third-order valence-corrected chi connectivity index (χ3v) is 2.88. The Morgan fingerprint density at radius 3 is 3.12 bits per heavy atom. The van der Waals surface area contributed by atoms with Crippen molar-refractivity contribution in [2.75, 3.05) is 6.61 Å². The molecule has 1 aromatic heterocycles. The number of fused-ring (bicyclic) bond motifs is 1. The molecule has 0 radical (unpaired) electrons. The minimum atomic E-state index is -0.192. The van der Waals surface area contributed by atoms with E-state index in [0.29, 0.717) is 32.4 Å². The number of H-pyrrole nitrogens is 1. The maximum absolute atomic E-state index is 11.3. The zero-order chi connectivity index (χ0) is 12.3. The van der Waals surface area contributed by atoms with Gasteiger partial charge in [0.1, 0.15) is 0 Å². The van der Waals surface area contributed by atoms with Crippen molar-refractivity contribution < 1.29 is 14.3 Å². The molecule has 2 N–H and O–H groups in total. The number of amides is 1. The lowest BCUT2D eigenvalue weighted by atomic mass is 10.0. The molecule has 1 amide bonds. The second-order valence-electron chi connectivity index (χ2n) is 4.03. The van der Waals surface area contributed by atoms with E-state index in [-0.39, 0.29) is 11.9 Å². The van der Waals surface area contributed by atoms with Crippen LogP contribution in [0.2, 0.25) is 0 Å². The standard InChI is InChI=1S/C12H16N2O3/c1-2-17-12(16)4-3-8-6-13-10-7-14-11(15)5-9(8)10/h6,13H,2-5,7H2,1H3,(H,14,15). The van der Waals surface area contributed by atoms with Gasteiger partial charge in [-0.05, 0) is 24.5 Å². The largest absolute Gasteiger partial charge is 0.466 e. The summed E-state index contributed by atoms with van der Waals surface area (Å²) in [5, 5.41) is 2.77. The molecule has 2 rings (SSSR count). The second-order valence-corrected chi connectivity index (χ2v) is 4.03. The first-order valence-electron chi connectivity index (χ1n) is 5.81. The molecule has 0 unspecified atom stereocenters. The smallest absolute Gasteiger partial charge is 0.306 e. The third kappa shape index (κ3) is 2.67. The average Bonchev–Trinajstić information content (AvgIpc) is 2.69. The number of rotatable bonds is 4. The van der Waals surface area contributed by atoms with Crippen molar-refractivity contribution in [3.8, 4) is 0 Å². The van der Waals surface area contributed by atoms with E-state index in [2.05, 4.69) is 10.3 Å². The van der Waals surface area contributed by atoms with E-state index in [9.17, 15) is 9.59 Å². The van der Waals surface area contributed by atoms with Crippen molar-refractivity contribution in [3.05, 3.63) is 23.0 Å². The van der Waals surface area contributed by atoms with E-state index in [4.69, 9.17) is 4.74 Å². The number of nitrogens with one attached hydrogen (secondary N) is 2. The Hall–Kier alpha value is -1.78. The highest BCUT2D eigenvalue weighted by atomic mass is 16.5. The third-order valence-electron chi connectivity index (χ3n) is 2.88. The molecule has 2 heterocycles.